The van der Waals surface area contributed by atoms with Crippen LogP contribution in [0.3, 0.4) is 0 Å². The fraction of sp³-hybridized carbons (Fsp3) is 0.292. The molecule has 2 heterocycles. The number of fused-ring (bicyclic) bond motifs is 1. The van der Waals surface area contributed by atoms with Gasteiger partial charge in [-0.25, -0.2) is 9.97 Å². The van der Waals surface area contributed by atoms with E-state index in [4.69, 9.17) is 0 Å². The summed E-state index contributed by atoms with van der Waals surface area (Å²) in [6.07, 6.45) is 7.05. The average molecular weight is 413 g/mol. The first-order chi connectivity index (χ1) is 14.8. The normalized spacial score (nSPS) is 14.3. The molecule has 0 aliphatic heterocycles. The maximum atomic E-state index is 12.8. The minimum absolute atomic E-state index is 0.0160. The SMILES string of the molecule is CC(C)(C)C(=O)c1c[nH]c2ncc(-c3cccc(NC(=O)/C(C#N)=C\C4CC4)c3)nc12. The van der Waals surface area contributed by atoms with Gasteiger partial charge < -0.3 is 10.3 Å². The molecule has 1 saturated carbocycles. The van der Waals surface area contributed by atoms with Gasteiger partial charge in [0.15, 0.2) is 11.4 Å². The van der Waals surface area contributed by atoms with E-state index in [-0.39, 0.29) is 11.4 Å². The summed E-state index contributed by atoms with van der Waals surface area (Å²) >= 11 is 0. The average Bonchev–Trinajstić information content (AvgIpc) is 3.47. The number of carbonyl (C=O) groups is 2. The molecule has 4 rings (SSSR count). The van der Waals surface area contributed by atoms with Crippen LogP contribution in [0.5, 0.6) is 0 Å². The summed E-state index contributed by atoms with van der Waals surface area (Å²) in [6.45, 7) is 5.60. The Hall–Kier alpha value is -3.79. The van der Waals surface area contributed by atoms with Gasteiger partial charge in [0.25, 0.3) is 5.91 Å². The van der Waals surface area contributed by atoms with Crippen molar-refractivity contribution in [3.8, 4) is 17.3 Å². The quantitative estimate of drug-likeness (QED) is 0.359. The van der Waals surface area contributed by atoms with Crippen LogP contribution in [-0.4, -0.2) is 26.6 Å². The van der Waals surface area contributed by atoms with Crippen LogP contribution in [0.15, 0.2) is 48.3 Å². The van der Waals surface area contributed by atoms with Crippen molar-refractivity contribution in [3.05, 3.63) is 53.9 Å². The van der Waals surface area contributed by atoms with Gasteiger partial charge in [-0.1, -0.05) is 39.0 Å². The van der Waals surface area contributed by atoms with E-state index in [0.717, 1.165) is 18.4 Å². The van der Waals surface area contributed by atoms with Gasteiger partial charge in [-0.3, -0.25) is 9.59 Å². The number of rotatable bonds is 5. The fourth-order valence-corrected chi connectivity index (χ4v) is 3.22. The highest BCUT2D eigenvalue weighted by Gasteiger charge is 2.26. The van der Waals surface area contributed by atoms with Crippen molar-refractivity contribution >= 4 is 28.5 Å². The van der Waals surface area contributed by atoms with Gasteiger partial charge in [0.05, 0.1) is 17.5 Å². The number of amides is 1. The molecule has 0 radical (unpaired) electrons. The number of carbonyl (C=O) groups excluding carboxylic acids is 2. The van der Waals surface area contributed by atoms with Gasteiger partial charge >= 0.3 is 0 Å². The zero-order chi connectivity index (χ0) is 22.2. The highest BCUT2D eigenvalue weighted by Crippen LogP contribution is 2.31. The van der Waals surface area contributed by atoms with Crippen LogP contribution in [0.4, 0.5) is 5.69 Å². The highest BCUT2D eigenvalue weighted by molar-refractivity contribution is 6.08. The summed E-state index contributed by atoms with van der Waals surface area (Å²) in [5.74, 6) is -0.102. The molecule has 7 heteroatoms. The smallest absolute Gasteiger partial charge is 0.265 e. The number of hydrogen-bond acceptors (Lipinski definition) is 5. The summed E-state index contributed by atoms with van der Waals surface area (Å²) in [4.78, 5) is 37.3. The Balaban J connectivity index is 1.64. The molecule has 3 aromatic rings. The van der Waals surface area contributed by atoms with Crippen LogP contribution < -0.4 is 5.32 Å². The molecule has 2 aromatic heterocycles. The predicted octanol–water partition coefficient (Wildman–Crippen LogP) is 4.65. The number of anilines is 1. The van der Waals surface area contributed by atoms with E-state index >= 15 is 0 Å². The third-order valence-electron chi connectivity index (χ3n) is 5.11. The summed E-state index contributed by atoms with van der Waals surface area (Å²) < 4.78 is 0. The van der Waals surface area contributed by atoms with Crippen LogP contribution in [0.25, 0.3) is 22.4 Å². The molecule has 0 bridgehead atoms. The van der Waals surface area contributed by atoms with Gasteiger partial charge in [-0.05, 0) is 30.9 Å². The first-order valence-electron chi connectivity index (χ1n) is 10.2. The number of nitrogens with one attached hydrogen (secondary N) is 2. The van der Waals surface area contributed by atoms with Crippen LogP contribution >= 0.6 is 0 Å². The Labute approximate surface area is 180 Å². The van der Waals surface area contributed by atoms with Gasteiger partial charge in [0.2, 0.25) is 0 Å². The number of Topliss-reactive ketones (excluding diaryl/α,β-unsaturated/α-hetero) is 1. The Morgan fingerprint density at radius 3 is 2.74 bits per heavy atom. The predicted molar refractivity (Wildman–Crippen MR) is 118 cm³/mol. The zero-order valence-corrected chi connectivity index (χ0v) is 17.7. The van der Waals surface area contributed by atoms with Crippen molar-refractivity contribution in [3.63, 3.8) is 0 Å². The van der Waals surface area contributed by atoms with E-state index in [1.54, 1.807) is 36.7 Å². The van der Waals surface area contributed by atoms with Gasteiger partial charge in [0, 0.05) is 22.9 Å². The molecule has 2 N–H and O–H groups in total. The summed E-state index contributed by atoms with van der Waals surface area (Å²) in [7, 11) is 0. The zero-order valence-electron chi connectivity index (χ0n) is 17.7. The fourth-order valence-electron chi connectivity index (χ4n) is 3.22. The molecule has 1 aliphatic carbocycles. The number of nitrogens with zero attached hydrogens (tertiary/aromatic N) is 3. The lowest BCUT2D eigenvalue weighted by atomic mass is 9.87. The van der Waals surface area contributed by atoms with E-state index < -0.39 is 11.3 Å². The van der Waals surface area contributed by atoms with Crippen molar-refractivity contribution in [2.45, 2.75) is 33.6 Å². The molecule has 0 saturated heterocycles. The second-order valence-corrected chi connectivity index (χ2v) is 8.80. The molecule has 1 aromatic carbocycles. The lowest BCUT2D eigenvalue weighted by Gasteiger charge is -2.15. The minimum atomic E-state index is -0.538. The first kappa shape index (κ1) is 20.5. The second kappa shape index (κ2) is 7.80. The van der Waals surface area contributed by atoms with Crippen molar-refractivity contribution in [1.29, 1.82) is 5.26 Å². The molecule has 31 heavy (non-hydrogen) atoms. The molecule has 7 nitrogen and oxygen atoms in total. The van der Waals surface area contributed by atoms with Crippen molar-refractivity contribution in [1.82, 2.24) is 15.0 Å². The number of ketones is 1. The summed E-state index contributed by atoms with van der Waals surface area (Å²) in [6, 6.07) is 9.16. The third-order valence-corrected chi connectivity index (χ3v) is 5.11. The Bertz CT molecular complexity index is 1250. The van der Waals surface area contributed by atoms with E-state index in [1.165, 1.54) is 0 Å². The number of hydrogen-bond donors (Lipinski definition) is 2. The largest absolute Gasteiger partial charge is 0.344 e. The van der Waals surface area contributed by atoms with Crippen LogP contribution in [0.1, 0.15) is 44.0 Å². The number of benzene rings is 1. The topological polar surface area (TPSA) is 112 Å². The summed E-state index contributed by atoms with van der Waals surface area (Å²) in [5, 5.41) is 12.0. The minimum Gasteiger partial charge on any atom is -0.344 e. The number of aromatic amines is 1. The lowest BCUT2D eigenvalue weighted by molar-refractivity contribution is -0.112. The number of allylic oxidation sites excluding steroid dienone is 1. The summed E-state index contributed by atoms with van der Waals surface area (Å²) in [5.41, 5.74) is 3.05. The van der Waals surface area contributed by atoms with E-state index in [1.807, 2.05) is 32.9 Å². The van der Waals surface area contributed by atoms with Gasteiger partial charge in [-0.2, -0.15) is 5.26 Å². The van der Waals surface area contributed by atoms with Crippen molar-refractivity contribution in [2.75, 3.05) is 5.32 Å². The van der Waals surface area contributed by atoms with E-state index in [2.05, 4.69) is 20.3 Å². The van der Waals surface area contributed by atoms with Crippen LogP contribution in [0, 0.1) is 22.7 Å². The maximum Gasteiger partial charge on any atom is 0.265 e. The molecule has 1 aliphatic rings. The molecule has 1 amide bonds. The second-order valence-electron chi connectivity index (χ2n) is 8.80. The molecular formula is C24H23N5O2. The molecule has 0 spiro atoms. The number of nitriles is 1. The van der Waals surface area contributed by atoms with Crippen molar-refractivity contribution in [2.24, 2.45) is 11.3 Å². The maximum absolute atomic E-state index is 12.8. The highest BCUT2D eigenvalue weighted by atomic mass is 16.1. The molecule has 0 unspecified atom stereocenters. The lowest BCUT2D eigenvalue weighted by Crippen LogP contribution is -2.20. The number of aromatic nitrogens is 3. The third kappa shape index (κ3) is 4.38. The Morgan fingerprint density at radius 1 is 1.29 bits per heavy atom. The molecule has 156 valence electrons. The van der Waals surface area contributed by atoms with Crippen LogP contribution in [-0.2, 0) is 4.79 Å². The standard InChI is InChI=1S/C24H23N5O2/c1-24(2,3)21(30)18-12-26-22-20(18)29-19(13-27-22)15-5-4-6-17(10-15)28-23(31)16(11-25)9-14-7-8-14/h4-6,9-10,12-14H,7-8H2,1-3H3,(H,26,27)(H,28,31)/b16-9-. The van der Waals surface area contributed by atoms with Gasteiger partial charge in [0.1, 0.15) is 17.2 Å². The molecular weight excluding hydrogens is 390 g/mol. The van der Waals surface area contributed by atoms with Crippen LogP contribution in [0.2, 0.25) is 0 Å². The van der Waals surface area contributed by atoms with Gasteiger partial charge in [-0.15, -0.1) is 0 Å². The van der Waals surface area contributed by atoms with E-state index in [0.29, 0.717) is 34.0 Å². The number of H-pyrrole nitrogens is 1. The Morgan fingerprint density at radius 2 is 2.06 bits per heavy atom. The van der Waals surface area contributed by atoms with E-state index in [9.17, 15) is 14.9 Å². The first-order valence-corrected chi connectivity index (χ1v) is 10.2. The Kier molecular flexibility index (Phi) is 5.15. The van der Waals surface area contributed by atoms with Crippen molar-refractivity contribution < 1.29 is 9.59 Å². The molecule has 0 atom stereocenters. The monoisotopic (exact) mass is 413 g/mol. The molecule has 1 fully saturated rings.